The minimum absolute atomic E-state index is 0.260. The molecule has 0 amide bonds. The smallest absolute Gasteiger partial charge is 0.157 e. The number of piperazine rings is 1. The van der Waals surface area contributed by atoms with E-state index in [0.717, 1.165) is 39.0 Å². The summed E-state index contributed by atoms with van der Waals surface area (Å²) < 4.78 is 0. The summed E-state index contributed by atoms with van der Waals surface area (Å²) >= 11 is 0. The fourth-order valence-corrected chi connectivity index (χ4v) is 2.96. The molecule has 1 heterocycles. The zero-order chi connectivity index (χ0) is 13.3. The molecule has 0 spiro atoms. The molecule has 0 radical (unpaired) electrons. The second-order valence-electron chi connectivity index (χ2n) is 6.76. The largest absolute Gasteiger partial charge is 0.372 e. The van der Waals surface area contributed by atoms with Crippen LogP contribution in [-0.4, -0.2) is 47.3 Å². The molecule has 102 valence electrons. The van der Waals surface area contributed by atoms with E-state index in [9.17, 15) is 4.79 Å². The van der Waals surface area contributed by atoms with Crippen molar-refractivity contribution >= 4 is 5.78 Å². The predicted molar refractivity (Wildman–Crippen MR) is 74.4 cm³/mol. The first-order chi connectivity index (χ1) is 8.36. The first-order valence-electron chi connectivity index (χ1n) is 7.09. The van der Waals surface area contributed by atoms with Crippen molar-refractivity contribution in [3.05, 3.63) is 11.8 Å². The first kappa shape index (κ1) is 13.6. The van der Waals surface area contributed by atoms with E-state index in [4.69, 9.17) is 0 Å². The van der Waals surface area contributed by atoms with Gasteiger partial charge in [-0.2, -0.15) is 0 Å². The molecule has 1 saturated heterocycles. The Morgan fingerprint density at radius 2 is 1.72 bits per heavy atom. The highest BCUT2D eigenvalue weighted by molar-refractivity contribution is 5.91. The van der Waals surface area contributed by atoms with Gasteiger partial charge in [0, 0.05) is 49.9 Å². The zero-order valence-corrected chi connectivity index (χ0v) is 12.2. The SMILES string of the molecule is CC1CC(=O)C=C(N2CCN(C(C)(C)C)CC2)C1. The van der Waals surface area contributed by atoms with Gasteiger partial charge in [-0.1, -0.05) is 6.92 Å². The molecule has 2 aliphatic rings. The minimum atomic E-state index is 0.260. The van der Waals surface area contributed by atoms with Crippen LogP contribution in [0.15, 0.2) is 11.8 Å². The van der Waals surface area contributed by atoms with Crippen LogP contribution >= 0.6 is 0 Å². The van der Waals surface area contributed by atoms with E-state index in [1.807, 2.05) is 6.08 Å². The maximum absolute atomic E-state index is 11.6. The number of carbonyl (C=O) groups is 1. The summed E-state index contributed by atoms with van der Waals surface area (Å²) in [5, 5.41) is 0. The Hall–Kier alpha value is -0.830. The monoisotopic (exact) mass is 250 g/mol. The standard InChI is InChI=1S/C15H26N2O/c1-12-9-13(11-14(18)10-12)16-5-7-17(8-6-16)15(2,3)4/h11-12H,5-10H2,1-4H3. The van der Waals surface area contributed by atoms with Gasteiger partial charge in [0.05, 0.1) is 0 Å². The van der Waals surface area contributed by atoms with E-state index in [-0.39, 0.29) is 5.54 Å². The average Bonchev–Trinajstić information content (AvgIpc) is 2.27. The second kappa shape index (κ2) is 5.04. The summed E-state index contributed by atoms with van der Waals surface area (Å²) in [6.45, 7) is 13.3. The molecule has 1 atom stereocenters. The Balaban J connectivity index is 1.96. The average molecular weight is 250 g/mol. The maximum atomic E-state index is 11.6. The van der Waals surface area contributed by atoms with Gasteiger partial charge in [0.15, 0.2) is 5.78 Å². The van der Waals surface area contributed by atoms with E-state index in [1.165, 1.54) is 5.70 Å². The van der Waals surface area contributed by atoms with Gasteiger partial charge in [0.2, 0.25) is 0 Å². The van der Waals surface area contributed by atoms with Crippen LogP contribution in [0.3, 0.4) is 0 Å². The molecule has 0 saturated carbocycles. The molecule has 1 unspecified atom stereocenters. The third-order valence-electron chi connectivity index (χ3n) is 4.07. The van der Waals surface area contributed by atoms with Gasteiger partial charge in [0.25, 0.3) is 0 Å². The molecule has 1 aliphatic carbocycles. The number of hydrogen-bond donors (Lipinski definition) is 0. The quantitative estimate of drug-likeness (QED) is 0.713. The van der Waals surface area contributed by atoms with Crippen molar-refractivity contribution in [3.8, 4) is 0 Å². The van der Waals surface area contributed by atoms with Crippen LogP contribution in [0.25, 0.3) is 0 Å². The molecular formula is C15H26N2O. The van der Waals surface area contributed by atoms with Crippen molar-refractivity contribution < 1.29 is 4.79 Å². The van der Waals surface area contributed by atoms with Crippen LogP contribution in [0.1, 0.15) is 40.5 Å². The van der Waals surface area contributed by atoms with Gasteiger partial charge in [-0.15, -0.1) is 0 Å². The lowest BCUT2D eigenvalue weighted by Crippen LogP contribution is -2.53. The molecule has 1 fully saturated rings. The highest BCUT2D eigenvalue weighted by Gasteiger charge is 2.28. The first-order valence-corrected chi connectivity index (χ1v) is 7.09. The molecule has 0 aromatic carbocycles. The lowest BCUT2D eigenvalue weighted by atomic mass is 9.92. The van der Waals surface area contributed by atoms with Gasteiger partial charge < -0.3 is 4.90 Å². The van der Waals surface area contributed by atoms with Crippen LogP contribution in [0, 0.1) is 5.92 Å². The molecule has 0 bridgehead atoms. The predicted octanol–water partition coefficient (Wildman–Crippen LogP) is 2.29. The number of ketones is 1. The molecule has 3 heteroatoms. The van der Waals surface area contributed by atoms with Gasteiger partial charge in [-0.05, 0) is 33.1 Å². The van der Waals surface area contributed by atoms with Crippen LogP contribution in [0.4, 0.5) is 0 Å². The highest BCUT2D eigenvalue weighted by Crippen LogP contribution is 2.26. The molecule has 0 aromatic rings. The Morgan fingerprint density at radius 3 is 2.22 bits per heavy atom. The van der Waals surface area contributed by atoms with Crippen molar-refractivity contribution in [3.63, 3.8) is 0 Å². The second-order valence-corrected chi connectivity index (χ2v) is 6.76. The van der Waals surface area contributed by atoms with Crippen molar-refractivity contribution in [1.29, 1.82) is 0 Å². The van der Waals surface area contributed by atoms with Crippen molar-refractivity contribution in [2.75, 3.05) is 26.2 Å². The summed E-state index contributed by atoms with van der Waals surface area (Å²) in [7, 11) is 0. The number of rotatable bonds is 1. The molecule has 3 nitrogen and oxygen atoms in total. The lowest BCUT2D eigenvalue weighted by Gasteiger charge is -2.44. The normalized spacial score (nSPS) is 27.3. The Kier molecular flexibility index (Phi) is 3.81. The van der Waals surface area contributed by atoms with E-state index in [2.05, 4.69) is 37.5 Å². The lowest BCUT2D eigenvalue weighted by molar-refractivity contribution is -0.116. The van der Waals surface area contributed by atoms with E-state index < -0.39 is 0 Å². The summed E-state index contributed by atoms with van der Waals surface area (Å²) in [5.74, 6) is 0.820. The number of hydrogen-bond acceptors (Lipinski definition) is 3. The van der Waals surface area contributed by atoms with Crippen LogP contribution in [0.5, 0.6) is 0 Å². The molecule has 0 aromatic heterocycles. The highest BCUT2D eigenvalue weighted by atomic mass is 16.1. The van der Waals surface area contributed by atoms with E-state index in [0.29, 0.717) is 11.7 Å². The molecule has 2 rings (SSSR count). The zero-order valence-electron chi connectivity index (χ0n) is 12.2. The van der Waals surface area contributed by atoms with Crippen molar-refractivity contribution in [1.82, 2.24) is 9.80 Å². The van der Waals surface area contributed by atoms with Gasteiger partial charge in [-0.3, -0.25) is 9.69 Å². The van der Waals surface area contributed by atoms with Crippen LogP contribution in [-0.2, 0) is 4.79 Å². The van der Waals surface area contributed by atoms with Crippen molar-refractivity contribution in [2.45, 2.75) is 46.1 Å². The Bertz CT molecular complexity index is 346. The molecule has 18 heavy (non-hydrogen) atoms. The van der Waals surface area contributed by atoms with Crippen molar-refractivity contribution in [2.24, 2.45) is 5.92 Å². The topological polar surface area (TPSA) is 23.6 Å². The number of carbonyl (C=O) groups excluding carboxylic acids is 1. The Morgan fingerprint density at radius 1 is 1.11 bits per heavy atom. The third kappa shape index (κ3) is 3.14. The molecule has 0 N–H and O–H groups in total. The van der Waals surface area contributed by atoms with Gasteiger partial charge >= 0.3 is 0 Å². The summed E-state index contributed by atoms with van der Waals surface area (Å²) in [4.78, 5) is 16.6. The fourth-order valence-electron chi connectivity index (χ4n) is 2.96. The minimum Gasteiger partial charge on any atom is -0.372 e. The summed E-state index contributed by atoms with van der Waals surface area (Å²) in [5.41, 5.74) is 1.53. The van der Waals surface area contributed by atoms with Gasteiger partial charge in [0.1, 0.15) is 0 Å². The Labute approximate surface area is 111 Å². The summed E-state index contributed by atoms with van der Waals surface area (Å²) in [6.07, 6.45) is 3.68. The fraction of sp³-hybridized carbons (Fsp3) is 0.800. The summed E-state index contributed by atoms with van der Waals surface area (Å²) in [6, 6.07) is 0. The van der Waals surface area contributed by atoms with E-state index in [1.54, 1.807) is 0 Å². The third-order valence-corrected chi connectivity index (χ3v) is 4.07. The molecular weight excluding hydrogens is 224 g/mol. The van der Waals surface area contributed by atoms with Gasteiger partial charge in [-0.25, -0.2) is 0 Å². The van der Waals surface area contributed by atoms with Crippen LogP contribution < -0.4 is 0 Å². The number of nitrogens with zero attached hydrogens (tertiary/aromatic N) is 2. The van der Waals surface area contributed by atoms with Crippen LogP contribution in [0.2, 0.25) is 0 Å². The number of allylic oxidation sites excluding steroid dienone is 2. The molecule has 1 aliphatic heterocycles. The van der Waals surface area contributed by atoms with E-state index >= 15 is 0 Å². The maximum Gasteiger partial charge on any atom is 0.157 e.